The van der Waals surface area contributed by atoms with Crippen LogP contribution in [0.2, 0.25) is 30.7 Å². The molecule has 0 radical (unpaired) electrons. The fraction of sp³-hybridized carbons (Fsp3) is 0.467. The van der Waals surface area contributed by atoms with Crippen molar-refractivity contribution in [1.82, 2.24) is 14.5 Å². The molecule has 0 aliphatic rings. The molecule has 0 bridgehead atoms. The lowest BCUT2D eigenvalue weighted by Crippen LogP contribution is -2.43. The SMILES string of the molecule is CC(C)N(C(=O)OC(c1ccc(F)c(Cl)c1)c1nc(SCc2ccccc2)cn1COCC[Si](C)(C)C)C(C)C. The monoisotopic (exact) mass is 605 g/mol. The minimum atomic E-state index is -1.28. The van der Waals surface area contributed by atoms with Gasteiger partial charge in [0, 0.05) is 44.3 Å². The zero-order valence-corrected chi connectivity index (χ0v) is 27.1. The molecule has 40 heavy (non-hydrogen) atoms. The molecule has 1 amide bonds. The van der Waals surface area contributed by atoms with Crippen LogP contribution in [0.15, 0.2) is 59.8 Å². The number of thioether (sulfide) groups is 1. The van der Waals surface area contributed by atoms with E-state index in [1.807, 2.05) is 56.7 Å². The highest BCUT2D eigenvalue weighted by molar-refractivity contribution is 7.98. The highest BCUT2D eigenvalue weighted by Crippen LogP contribution is 2.32. The summed E-state index contributed by atoms with van der Waals surface area (Å²) in [5, 5.41) is 0.720. The molecular formula is C30H41ClFN3O3SSi. The predicted molar refractivity (Wildman–Crippen MR) is 164 cm³/mol. The molecule has 0 saturated heterocycles. The van der Waals surface area contributed by atoms with Crippen LogP contribution >= 0.6 is 23.4 Å². The second-order valence-electron chi connectivity index (χ2n) is 11.6. The Morgan fingerprint density at radius 3 is 2.38 bits per heavy atom. The maximum Gasteiger partial charge on any atom is 0.411 e. The Kier molecular flexibility index (Phi) is 11.7. The molecule has 1 unspecified atom stereocenters. The van der Waals surface area contributed by atoms with E-state index in [2.05, 4.69) is 31.8 Å². The molecule has 218 valence electrons. The zero-order valence-electron chi connectivity index (χ0n) is 24.5. The molecule has 3 aromatic rings. The average Bonchev–Trinajstić information content (AvgIpc) is 3.28. The maximum absolute atomic E-state index is 14.1. The highest BCUT2D eigenvalue weighted by atomic mass is 35.5. The van der Waals surface area contributed by atoms with Crippen LogP contribution in [0, 0.1) is 5.82 Å². The second-order valence-corrected chi connectivity index (χ2v) is 18.6. The molecule has 1 aromatic heterocycles. The van der Waals surface area contributed by atoms with Crippen LogP contribution in [-0.4, -0.2) is 47.3 Å². The van der Waals surface area contributed by atoms with E-state index in [9.17, 15) is 9.18 Å². The topological polar surface area (TPSA) is 56.6 Å². The quantitative estimate of drug-likeness (QED) is 0.111. The van der Waals surface area contributed by atoms with Gasteiger partial charge < -0.3 is 18.9 Å². The summed E-state index contributed by atoms with van der Waals surface area (Å²) in [5.41, 5.74) is 1.70. The first-order valence-corrected chi connectivity index (χ1v) is 18.7. The largest absolute Gasteiger partial charge is 0.433 e. The van der Waals surface area contributed by atoms with Crippen LogP contribution in [-0.2, 0) is 22.0 Å². The summed E-state index contributed by atoms with van der Waals surface area (Å²) in [6, 6.07) is 15.4. The average molecular weight is 606 g/mol. The number of carbonyl (C=O) groups is 1. The van der Waals surface area contributed by atoms with Gasteiger partial charge in [0.25, 0.3) is 0 Å². The third-order valence-corrected chi connectivity index (χ3v) is 9.23. The van der Waals surface area contributed by atoms with Gasteiger partial charge in [0.05, 0.1) is 5.02 Å². The molecule has 6 nitrogen and oxygen atoms in total. The third-order valence-electron chi connectivity index (χ3n) is 6.26. The number of rotatable bonds is 13. The standard InChI is InChI=1S/C30H41ClFN3O3SSi/c1-21(2)35(22(3)4)30(36)38-28(24-13-14-26(32)25(31)17-24)29-33-27(39-19-23-11-9-8-10-12-23)18-34(29)20-37-15-16-40(5,6)7/h8-14,17-18,21-22,28H,15-16,19-20H2,1-7H3. The van der Waals surface area contributed by atoms with E-state index in [-0.39, 0.29) is 23.8 Å². The lowest BCUT2D eigenvalue weighted by atomic mass is 10.1. The van der Waals surface area contributed by atoms with Crippen LogP contribution in [0.1, 0.15) is 50.8 Å². The van der Waals surface area contributed by atoms with Gasteiger partial charge in [0.15, 0.2) is 11.9 Å². The highest BCUT2D eigenvalue weighted by Gasteiger charge is 2.30. The number of aromatic nitrogens is 2. The van der Waals surface area contributed by atoms with E-state index in [4.69, 9.17) is 26.1 Å². The van der Waals surface area contributed by atoms with Gasteiger partial charge in [0.1, 0.15) is 17.6 Å². The molecule has 0 aliphatic carbocycles. The van der Waals surface area contributed by atoms with Crippen LogP contribution in [0.5, 0.6) is 0 Å². The second kappa shape index (κ2) is 14.5. The number of halogens is 2. The van der Waals surface area contributed by atoms with Crippen molar-refractivity contribution < 1.29 is 18.7 Å². The van der Waals surface area contributed by atoms with Gasteiger partial charge in [-0.2, -0.15) is 0 Å². The van der Waals surface area contributed by atoms with Gasteiger partial charge in [0.2, 0.25) is 0 Å². The first kappa shape index (κ1) is 32.2. The van der Waals surface area contributed by atoms with Gasteiger partial charge in [-0.1, -0.05) is 67.6 Å². The number of benzene rings is 2. The van der Waals surface area contributed by atoms with E-state index in [1.54, 1.807) is 22.7 Å². The fourth-order valence-corrected chi connectivity index (χ4v) is 6.00. The van der Waals surface area contributed by atoms with Crippen molar-refractivity contribution in [3.63, 3.8) is 0 Å². The fourth-order valence-electron chi connectivity index (χ4n) is 4.19. The zero-order chi connectivity index (χ0) is 29.4. The number of hydrogen-bond acceptors (Lipinski definition) is 5. The molecular weight excluding hydrogens is 565 g/mol. The summed E-state index contributed by atoms with van der Waals surface area (Å²) in [6.07, 6.45) is 0.520. The first-order chi connectivity index (χ1) is 18.9. The molecule has 1 atom stereocenters. The molecule has 1 heterocycles. The van der Waals surface area contributed by atoms with Gasteiger partial charge >= 0.3 is 6.09 Å². The summed E-state index contributed by atoms with van der Waals surface area (Å²) in [6.45, 7) is 15.6. The Balaban J connectivity index is 1.99. The Morgan fingerprint density at radius 1 is 1.10 bits per heavy atom. The molecule has 3 rings (SSSR count). The molecule has 2 aromatic carbocycles. The van der Waals surface area contributed by atoms with Crippen molar-refractivity contribution in [3.8, 4) is 0 Å². The molecule has 0 fully saturated rings. The van der Waals surface area contributed by atoms with Gasteiger partial charge in [-0.25, -0.2) is 14.2 Å². The molecule has 0 saturated carbocycles. The van der Waals surface area contributed by atoms with Crippen molar-refractivity contribution in [3.05, 3.63) is 82.5 Å². The Bertz CT molecular complexity index is 1240. The smallest absolute Gasteiger partial charge is 0.411 e. The number of carbonyl (C=O) groups excluding carboxylic acids is 1. The summed E-state index contributed by atoms with van der Waals surface area (Å²) in [5.74, 6) is 0.681. The van der Waals surface area contributed by atoms with Crippen LogP contribution in [0.25, 0.3) is 0 Å². The van der Waals surface area contributed by atoms with Gasteiger partial charge in [-0.3, -0.25) is 0 Å². The maximum atomic E-state index is 14.1. The van der Waals surface area contributed by atoms with Gasteiger partial charge in [-0.15, -0.1) is 11.8 Å². The number of imidazole rings is 1. The van der Waals surface area contributed by atoms with E-state index in [0.717, 1.165) is 16.8 Å². The number of ether oxygens (including phenoxy) is 2. The normalized spacial score (nSPS) is 12.7. The van der Waals surface area contributed by atoms with Crippen LogP contribution in [0.4, 0.5) is 9.18 Å². The Hall–Kier alpha value is -2.33. The van der Waals surface area contributed by atoms with Crippen molar-refractivity contribution in [2.24, 2.45) is 0 Å². The van der Waals surface area contributed by atoms with Crippen LogP contribution < -0.4 is 0 Å². The summed E-state index contributed by atoms with van der Waals surface area (Å²) >= 11 is 7.76. The first-order valence-electron chi connectivity index (χ1n) is 13.6. The van der Waals surface area contributed by atoms with Gasteiger partial charge in [-0.05, 0) is 51.4 Å². The molecule has 0 spiro atoms. The lowest BCUT2D eigenvalue weighted by molar-refractivity contribution is 0.0459. The minimum absolute atomic E-state index is 0.0497. The van der Waals surface area contributed by atoms with Crippen molar-refractivity contribution in [2.75, 3.05) is 6.61 Å². The van der Waals surface area contributed by atoms with E-state index >= 15 is 0 Å². The number of nitrogens with zero attached hydrogens (tertiary/aromatic N) is 3. The number of hydrogen-bond donors (Lipinski definition) is 0. The summed E-state index contributed by atoms with van der Waals surface area (Å²) in [4.78, 5) is 20.0. The lowest BCUT2D eigenvalue weighted by Gasteiger charge is -2.31. The molecule has 10 heteroatoms. The molecule has 0 aliphatic heterocycles. The van der Waals surface area contributed by atoms with Crippen molar-refractivity contribution in [2.45, 2.75) is 89.1 Å². The predicted octanol–water partition coefficient (Wildman–Crippen LogP) is 8.63. The minimum Gasteiger partial charge on any atom is -0.433 e. The van der Waals surface area contributed by atoms with E-state index in [0.29, 0.717) is 18.0 Å². The van der Waals surface area contributed by atoms with E-state index < -0.39 is 26.1 Å². The Labute approximate surface area is 248 Å². The van der Waals surface area contributed by atoms with Crippen molar-refractivity contribution >= 4 is 37.5 Å². The third kappa shape index (κ3) is 9.36. The van der Waals surface area contributed by atoms with E-state index in [1.165, 1.54) is 17.7 Å². The number of amides is 1. The molecule has 0 N–H and O–H groups in total. The van der Waals surface area contributed by atoms with Crippen molar-refractivity contribution in [1.29, 1.82) is 0 Å². The summed E-state index contributed by atoms with van der Waals surface area (Å²) < 4.78 is 28.2. The van der Waals surface area contributed by atoms with Crippen LogP contribution in [0.3, 0.4) is 0 Å². The Morgan fingerprint density at radius 2 is 1.77 bits per heavy atom. The summed E-state index contributed by atoms with van der Waals surface area (Å²) in [7, 11) is -1.28.